The first kappa shape index (κ1) is 15.3. The first-order chi connectivity index (χ1) is 11.2. The van der Waals surface area contributed by atoms with Gasteiger partial charge in [0.25, 0.3) is 0 Å². The summed E-state index contributed by atoms with van der Waals surface area (Å²) in [6.07, 6.45) is 3.00. The summed E-state index contributed by atoms with van der Waals surface area (Å²) in [5, 5.41) is 12.1. The second kappa shape index (κ2) is 7.12. The summed E-state index contributed by atoms with van der Waals surface area (Å²) in [6.45, 7) is 2.27. The van der Waals surface area contributed by atoms with Gasteiger partial charge in [-0.25, -0.2) is 14.8 Å². The molecule has 23 heavy (non-hydrogen) atoms. The van der Waals surface area contributed by atoms with Gasteiger partial charge in [0.1, 0.15) is 0 Å². The largest absolute Gasteiger partial charge is 0.478 e. The van der Waals surface area contributed by atoms with Crippen LogP contribution in [0.3, 0.4) is 0 Å². The Morgan fingerprint density at radius 2 is 2.13 bits per heavy atom. The van der Waals surface area contributed by atoms with Crippen LogP contribution in [0.2, 0.25) is 0 Å². The van der Waals surface area contributed by atoms with Crippen LogP contribution >= 0.6 is 0 Å². The summed E-state index contributed by atoms with van der Waals surface area (Å²) in [5.74, 6) is -0.574. The highest BCUT2D eigenvalue weighted by Crippen LogP contribution is 2.16. The highest BCUT2D eigenvalue weighted by Gasteiger charge is 2.14. The molecule has 1 aliphatic heterocycles. The van der Waals surface area contributed by atoms with Gasteiger partial charge in [-0.1, -0.05) is 0 Å². The number of carboxylic acid groups (broad SMARTS) is 1. The third-order valence-corrected chi connectivity index (χ3v) is 3.30. The number of anilines is 1. The van der Waals surface area contributed by atoms with E-state index in [1.807, 2.05) is 0 Å². The topological polar surface area (TPSA) is 106 Å². The van der Waals surface area contributed by atoms with Gasteiger partial charge in [0.05, 0.1) is 42.9 Å². The van der Waals surface area contributed by atoms with Crippen molar-refractivity contribution in [3.05, 3.63) is 36.2 Å². The van der Waals surface area contributed by atoms with Gasteiger partial charge < -0.3 is 19.9 Å². The number of rotatable bonds is 5. The lowest BCUT2D eigenvalue weighted by Gasteiger charge is -2.23. The Morgan fingerprint density at radius 1 is 1.26 bits per heavy atom. The number of ether oxygens (including phenoxy) is 2. The van der Waals surface area contributed by atoms with Crippen LogP contribution in [0, 0.1) is 0 Å². The second-order valence-corrected chi connectivity index (χ2v) is 4.95. The summed E-state index contributed by atoms with van der Waals surface area (Å²) in [4.78, 5) is 23.7. The fourth-order valence-corrected chi connectivity index (χ4v) is 2.15. The first-order valence-corrected chi connectivity index (χ1v) is 7.18. The number of nitrogens with zero attached hydrogens (tertiary/aromatic N) is 3. The molecule has 1 unspecified atom stereocenters. The van der Waals surface area contributed by atoms with Crippen molar-refractivity contribution in [2.45, 2.75) is 6.10 Å². The van der Waals surface area contributed by atoms with Gasteiger partial charge in [-0.2, -0.15) is 0 Å². The summed E-state index contributed by atoms with van der Waals surface area (Å²) < 4.78 is 10.9. The number of aromatic nitrogens is 3. The molecule has 1 aliphatic rings. The van der Waals surface area contributed by atoms with Gasteiger partial charge >= 0.3 is 5.97 Å². The minimum Gasteiger partial charge on any atom is -0.478 e. The van der Waals surface area contributed by atoms with E-state index in [4.69, 9.17) is 14.6 Å². The highest BCUT2D eigenvalue weighted by atomic mass is 16.6. The number of pyridine rings is 1. The SMILES string of the molecule is O=C(O)c1ccnc(-c2ccnc(NCC3COCCO3)n2)c1. The average molecular weight is 316 g/mol. The van der Waals surface area contributed by atoms with Crippen molar-refractivity contribution in [1.82, 2.24) is 15.0 Å². The van der Waals surface area contributed by atoms with Gasteiger partial charge in [-0.05, 0) is 18.2 Å². The minimum absolute atomic E-state index is 0.0375. The molecule has 1 atom stereocenters. The molecule has 0 amide bonds. The van der Waals surface area contributed by atoms with E-state index in [2.05, 4.69) is 20.3 Å². The van der Waals surface area contributed by atoms with Crippen LogP contribution in [0.4, 0.5) is 5.95 Å². The highest BCUT2D eigenvalue weighted by molar-refractivity contribution is 5.88. The van der Waals surface area contributed by atoms with E-state index in [0.717, 1.165) is 0 Å². The smallest absolute Gasteiger partial charge is 0.335 e. The van der Waals surface area contributed by atoms with Crippen LogP contribution < -0.4 is 5.32 Å². The predicted octanol–water partition coefficient (Wildman–Crippen LogP) is 1.06. The molecule has 1 saturated heterocycles. The standard InChI is InChI=1S/C15H16N4O4/c20-14(21)10-1-3-16-13(7-10)12-2-4-17-15(19-12)18-8-11-9-22-5-6-23-11/h1-4,7,11H,5-6,8-9H2,(H,20,21)(H,17,18,19). The quantitative estimate of drug-likeness (QED) is 0.843. The molecule has 2 aromatic rings. The molecule has 2 N–H and O–H groups in total. The zero-order valence-corrected chi connectivity index (χ0v) is 12.3. The Morgan fingerprint density at radius 3 is 2.91 bits per heavy atom. The zero-order valence-electron chi connectivity index (χ0n) is 12.3. The van der Waals surface area contributed by atoms with Gasteiger partial charge in [-0.3, -0.25) is 4.98 Å². The van der Waals surface area contributed by atoms with E-state index in [9.17, 15) is 4.79 Å². The van der Waals surface area contributed by atoms with Crippen molar-refractivity contribution in [2.75, 3.05) is 31.7 Å². The predicted molar refractivity (Wildman–Crippen MR) is 81.3 cm³/mol. The van der Waals surface area contributed by atoms with Gasteiger partial charge in [-0.15, -0.1) is 0 Å². The molecule has 2 aromatic heterocycles. The lowest BCUT2D eigenvalue weighted by Crippen LogP contribution is -2.34. The Hall–Kier alpha value is -2.58. The van der Waals surface area contributed by atoms with E-state index >= 15 is 0 Å². The van der Waals surface area contributed by atoms with E-state index in [0.29, 0.717) is 43.7 Å². The van der Waals surface area contributed by atoms with Gasteiger partial charge in [0, 0.05) is 18.9 Å². The molecular formula is C15H16N4O4. The van der Waals surface area contributed by atoms with Crippen molar-refractivity contribution in [1.29, 1.82) is 0 Å². The molecule has 1 fully saturated rings. The monoisotopic (exact) mass is 316 g/mol. The Bertz CT molecular complexity index is 689. The van der Waals surface area contributed by atoms with Crippen molar-refractivity contribution in [3.8, 4) is 11.4 Å². The van der Waals surface area contributed by atoms with E-state index in [1.54, 1.807) is 12.3 Å². The molecule has 0 saturated carbocycles. The molecule has 0 radical (unpaired) electrons. The van der Waals surface area contributed by atoms with Crippen LogP contribution in [-0.4, -0.2) is 58.5 Å². The average Bonchev–Trinajstić information content (AvgIpc) is 2.61. The lowest BCUT2D eigenvalue weighted by atomic mass is 10.2. The summed E-state index contributed by atoms with van der Waals surface area (Å²) in [5.41, 5.74) is 1.19. The number of aromatic carboxylic acids is 1. The first-order valence-electron chi connectivity index (χ1n) is 7.18. The second-order valence-electron chi connectivity index (χ2n) is 4.95. The zero-order chi connectivity index (χ0) is 16.1. The molecule has 8 heteroatoms. The van der Waals surface area contributed by atoms with Crippen LogP contribution in [0.25, 0.3) is 11.4 Å². The van der Waals surface area contributed by atoms with E-state index in [1.165, 1.54) is 18.3 Å². The molecule has 3 heterocycles. The number of carboxylic acids is 1. The van der Waals surface area contributed by atoms with Crippen molar-refractivity contribution < 1.29 is 19.4 Å². The van der Waals surface area contributed by atoms with Crippen molar-refractivity contribution >= 4 is 11.9 Å². The molecule has 8 nitrogen and oxygen atoms in total. The van der Waals surface area contributed by atoms with Crippen LogP contribution in [0.5, 0.6) is 0 Å². The van der Waals surface area contributed by atoms with Crippen LogP contribution in [0.1, 0.15) is 10.4 Å². The van der Waals surface area contributed by atoms with Gasteiger partial charge in [0.2, 0.25) is 5.95 Å². The molecule has 120 valence electrons. The molecule has 3 rings (SSSR count). The number of hydrogen-bond acceptors (Lipinski definition) is 7. The maximum atomic E-state index is 11.0. The maximum Gasteiger partial charge on any atom is 0.335 e. The number of carbonyl (C=O) groups is 1. The number of nitrogens with one attached hydrogen (secondary N) is 1. The Kier molecular flexibility index (Phi) is 4.74. The van der Waals surface area contributed by atoms with E-state index < -0.39 is 5.97 Å². The third kappa shape index (κ3) is 3.99. The van der Waals surface area contributed by atoms with Crippen molar-refractivity contribution in [2.24, 2.45) is 0 Å². The minimum atomic E-state index is -1.00. The maximum absolute atomic E-state index is 11.0. The Balaban J connectivity index is 1.71. The molecule has 0 aromatic carbocycles. The molecule has 0 bridgehead atoms. The summed E-state index contributed by atoms with van der Waals surface area (Å²) >= 11 is 0. The van der Waals surface area contributed by atoms with Crippen molar-refractivity contribution in [3.63, 3.8) is 0 Å². The lowest BCUT2D eigenvalue weighted by molar-refractivity contribution is -0.0819. The fraction of sp³-hybridized carbons (Fsp3) is 0.333. The normalized spacial score (nSPS) is 17.7. The third-order valence-electron chi connectivity index (χ3n) is 3.30. The number of hydrogen-bond donors (Lipinski definition) is 2. The summed E-state index contributed by atoms with van der Waals surface area (Å²) in [6, 6.07) is 4.60. The Labute approximate surface area is 132 Å². The molecule has 0 aliphatic carbocycles. The summed E-state index contributed by atoms with van der Waals surface area (Å²) in [7, 11) is 0. The van der Waals surface area contributed by atoms with E-state index in [-0.39, 0.29) is 11.7 Å². The molecular weight excluding hydrogens is 300 g/mol. The fourth-order valence-electron chi connectivity index (χ4n) is 2.15. The van der Waals surface area contributed by atoms with Crippen LogP contribution in [0.15, 0.2) is 30.6 Å². The molecule has 0 spiro atoms. The van der Waals surface area contributed by atoms with Crippen LogP contribution in [-0.2, 0) is 9.47 Å². The van der Waals surface area contributed by atoms with Gasteiger partial charge in [0.15, 0.2) is 0 Å².